The van der Waals surface area contributed by atoms with E-state index < -0.39 is 0 Å². The lowest BCUT2D eigenvalue weighted by atomic mass is 10.1. The molecule has 2 aromatic rings. The molecule has 2 aliphatic heterocycles. The van der Waals surface area contributed by atoms with E-state index in [-0.39, 0.29) is 6.04 Å². The summed E-state index contributed by atoms with van der Waals surface area (Å²) >= 11 is 0. The highest BCUT2D eigenvalue weighted by Crippen LogP contribution is 2.33. The van der Waals surface area contributed by atoms with E-state index in [0.717, 1.165) is 66.8 Å². The maximum absolute atomic E-state index is 5.83. The molecule has 0 saturated heterocycles. The second kappa shape index (κ2) is 7.50. The minimum atomic E-state index is 0.113. The van der Waals surface area contributed by atoms with Crippen LogP contribution in [-0.2, 0) is 12.8 Å². The summed E-state index contributed by atoms with van der Waals surface area (Å²) in [5.74, 6) is 3.43. The van der Waals surface area contributed by atoms with Crippen LogP contribution in [0.5, 0.6) is 11.5 Å². The maximum Gasteiger partial charge on any atom is 0.161 e. The molecule has 26 heavy (non-hydrogen) atoms. The Morgan fingerprint density at radius 2 is 1.88 bits per heavy atom. The average Bonchev–Trinajstić information content (AvgIpc) is 3.01. The molecule has 1 aromatic carbocycles. The van der Waals surface area contributed by atoms with Crippen molar-refractivity contribution in [1.29, 1.82) is 0 Å². The van der Waals surface area contributed by atoms with Gasteiger partial charge in [0, 0.05) is 24.9 Å². The Hall–Kier alpha value is -2.34. The average molecular weight is 354 g/mol. The summed E-state index contributed by atoms with van der Waals surface area (Å²) in [5.41, 5.74) is 3.56. The molecule has 0 fully saturated rings. The molecule has 0 bridgehead atoms. The fraction of sp³-hybridized carbons (Fsp3) is 0.500. The molecule has 6 heteroatoms. The van der Waals surface area contributed by atoms with Crippen LogP contribution in [0.15, 0.2) is 18.2 Å². The molecule has 138 valence electrons. The molecule has 6 nitrogen and oxygen atoms in total. The third-order valence-corrected chi connectivity index (χ3v) is 4.92. The van der Waals surface area contributed by atoms with Crippen molar-refractivity contribution in [3.8, 4) is 11.5 Å². The molecule has 3 heterocycles. The molecule has 1 aromatic heterocycles. The summed E-state index contributed by atoms with van der Waals surface area (Å²) in [4.78, 5) is 9.34. The van der Waals surface area contributed by atoms with Crippen LogP contribution in [0.2, 0.25) is 0 Å². The highest BCUT2D eigenvalue weighted by Gasteiger charge is 2.19. The van der Waals surface area contributed by atoms with Crippen LogP contribution in [0.3, 0.4) is 0 Å². The number of fused-ring (bicyclic) bond motifs is 2. The van der Waals surface area contributed by atoms with Crippen LogP contribution in [0.4, 0.5) is 5.82 Å². The van der Waals surface area contributed by atoms with Crippen LogP contribution >= 0.6 is 0 Å². The highest BCUT2D eigenvalue weighted by molar-refractivity contribution is 5.51. The number of rotatable bonds is 3. The van der Waals surface area contributed by atoms with Gasteiger partial charge in [0.05, 0.1) is 24.9 Å². The fourth-order valence-corrected chi connectivity index (χ4v) is 3.53. The topological polar surface area (TPSA) is 68.3 Å². The van der Waals surface area contributed by atoms with Crippen LogP contribution in [0.25, 0.3) is 0 Å². The van der Waals surface area contributed by atoms with E-state index in [1.807, 2.05) is 13.0 Å². The van der Waals surface area contributed by atoms with Crippen molar-refractivity contribution in [3.63, 3.8) is 0 Å². The molecule has 1 atom stereocenters. The zero-order valence-electron chi connectivity index (χ0n) is 15.5. The molecule has 2 aliphatic rings. The van der Waals surface area contributed by atoms with E-state index in [1.54, 1.807) is 0 Å². The van der Waals surface area contributed by atoms with Gasteiger partial charge in [-0.1, -0.05) is 6.07 Å². The van der Waals surface area contributed by atoms with Gasteiger partial charge in [-0.3, -0.25) is 0 Å². The van der Waals surface area contributed by atoms with Crippen LogP contribution in [-0.4, -0.2) is 36.3 Å². The predicted octanol–water partition coefficient (Wildman–Crippen LogP) is 2.81. The summed E-state index contributed by atoms with van der Waals surface area (Å²) in [7, 11) is 0. The first-order valence-electron chi connectivity index (χ1n) is 9.44. The van der Waals surface area contributed by atoms with E-state index in [2.05, 4.69) is 34.7 Å². The van der Waals surface area contributed by atoms with Gasteiger partial charge in [0.25, 0.3) is 0 Å². The minimum absolute atomic E-state index is 0.113. The largest absolute Gasteiger partial charge is 0.490 e. The van der Waals surface area contributed by atoms with E-state index >= 15 is 0 Å². The summed E-state index contributed by atoms with van der Waals surface area (Å²) in [6.45, 7) is 7.46. The lowest BCUT2D eigenvalue weighted by Crippen LogP contribution is -2.16. The summed E-state index contributed by atoms with van der Waals surface area (Å²) < 4.78 is 11.6. The molecule has 0 radical (unpaired) electrons. The molecule has 1 unspecified atom stereocenters. The van der Waals surface area contributed by atoms with Crippen molar-refractivity contribution < 1.29 is 9.47 Å². The maximum atomic E-state index is 5.83. The Morgan fingerprint density at radius 1 is 1.08 bits per heavy atom. The minimum Gasteiger partial charge on any atom is -0.490 e. The quantitative estimate of drug-likeness (QED) is 0.883. The molecule has 0 amide bonds. The third kappa shape index (κ3) is 3.60. The fourth-order valence-electron chi connectivity index (χ4n) is 3.53. The van der Waals surface area contributed by atoms with Gasteiger partial charge < -0.3 is 20.1 Å². The summed E-state index contributed by atoms with van der Waals surface area (Å²) in [6.07, 6.45) is 2.82. The Kier molecular flexibility index (Phi) is 4.93. The Labute approximate surface area is 154 Å². The first-order valence-corrected chi connectivity index (χ1v) is 9.44. The molecule has 0 aliphatic carbocycles. The second-order valence-corrected chi connectivity index (χ2v) is 6.92. The summed E-state index contributed by atoms with van der Waals surface area (Å²) in [6, 6.07) is 6.29. The standard InChI is InChI=1S/C20H26N4O2/c1-13(15-4-5-18-19(12-15)26-11-3-10-25-18)22-20-16-6-8-21-9-7-17(16)23-14(2)24-20/h4-5,12-13,21H,3,6-11H2,1-2H3,(H,22,23,24). The Bertz CT molecular complexity index is 794. The lowest BCUT2D eigenvalue weighted by Gasteiger charge is -2.20. The molecule has 0 saturated carbocycles. The van der Waals surface area contributed by atoms with Crippen molar-refractivity contribution >= 4 is 5.82 Å². The molecular formula is C20H26N4O2. The third-order valence-electron chi connectivity index (χ3n) is 4.92. The van der Waals surface area contributed by atoms with Gasteiger partial charge in [-0.2, -0.15) is 0 Å². The SMILES string of the molecule is Cc1nc2c(c(NC(C)c3ccc4c(c3)OCCCO4)n1)CCNCC2. The van der Waals surface area contributed by atoms with Crippen LogP contribution in [0.1, 0.15) is 42.0 Å². The van der Waals surface area contributed by atoms with Gasteiger partial charge in [-0.25, -0.2) is 9.97 Å². The van der Waals surface area contributed by atoms with Gasteiger partial charge in [0.1, 0.15) is 11.6 Å². The lowest BCUT2D eigenvalue weighted by molar-refractivity contribution is 0.297. The normalized spacial score (nSPS) is 17.6. The second-order valence-electron chi connectivity index (χ2n) is 6.92. The number of ether oxygens (including phenoxy) is 2. The highest BCUT2D eigenvalue weighted by atomic mass is 16.5. The number of nitrogens with zero attached hydrogens (tertiary/aromatic N) is 2. The van der Waals surface area contributed by atoms with Crippen molar-refractivity contribution in [1.82, 2.24) is 15.3 Å². The van der Waals surface area contributed by atoms with E-state index in [0.29, 0.717) is 13.2 Å². The smallest absolute Gasteiger partial charge is 0.161 e. The van der Waals surface area contributed by atoms with Gasteiger partial charge in [-0.05, 0) is 44.5 Å². The zero-order valence-corrected chi connectivity index (χ0v) is 15.5. The first-order chi connectivity index (χ1) is 12.7. The molecule has 2 N–H and O–H groups in total. The predicted molar refractivity (Wildman–Crippen MR) is 101 cm³/mol. The first kappa shape index (κ1) is 17.1. The number of anilines is 1. The number of hydrogen-bond donors (Lipinski definition) is 2. The van der Waals surface area contributed by atoms with Crippen LogP contribution < -0.4 is 20.1 Å². The molecular weight excluding hydrogens is 328 g/mol. The number of hydrogen-bond acceptors (Lipinski definition) is 6. The molecule has 4 rings (SSSR count). The Morgan fingerprint density at radius 3 is 2.77 bits per heavy atom. The number of nitrogens with one attached hydrogen (secondary N) is 2. The van der Waals surface area contributed by atoms with Gasteiger partial charge >= 0.3 is 0 Å². The number of aromatic nitrogens is 2. The van der Waals surface area contributed by atoms with Crippen molar-refractivity contribution in [2.45, 2.75) is 39.2 Å². The monoisotopic (exact) mass is 354 g/mol. The van der Waals surface area contributed by atoms with Gasteiger partial charge in [0.15, 0.2) is 11.5 Å². The van der Waals surface area contributed by atoms with E-state index in [4.69, 9.17) is 14.5 Å². The Balaban J connectivity index is 1.59. The number of benzene rings is 1. The van der Waals surface area contributed by atoms with Crippen molar-refractivity contribution in [3.05, 3.63) is 40.8 Å². The van der Waals surface area contributed by atoms with Crippen LogP contribution in [0, 0.1) is 6.92 Å². The van der Waals surface area contributed by atoms with E-state index in [1.165, 1.54) is 5.56 Å². The molecule has 0 spiro atoms. The van der Waals surface area contributed by atoms with E-state index in [9.17, 15) is 0 Å². The van der Waals surface area contributed by atoms with Gasteiger partial charge in [-0.15, -0.1) is 0 Å². The van der Waals surface area contributed by atoms with Crippen molar-refractivity contribution in [2.24, 2.45) is 0 Å². The zero-order chi connectivity index (χ0) is 17.9. The number of aryl methyl sites for hydroxylation is 1. The summed E-state index contributed by atoms with van der Waals surface area (Å²) in [5, 5.41) is 7.04. The van der Waals surface area contributed by atoms with Crippen molar-refractivity contribution in [2.75, 3.05) is 31.6 Å². The van der Waals surface area contributed by atoms with Gasteiger partial charge in [0.2, 0.25) is 0 Å².